The average Bonchev–Trinajstić information content (AvgIpc) is 3.06. The summed E-state index contributed by atoms with van der Waals surface area (Å²) in [5.74, 6) is -0.962. The lowest BCUT2D eigenvalue weighted by Gasteiger charge is -2.09. The van der Waals surface area contributed by atoms with Gasteiger partial charge in [0.2, 0.25) is 0 Å². The van der Waals surface area contributed by atoms with Crippen LogP contribution >= 0.6 is 23.1 Å². The largest absolute Gasteiger partial charge is 0.497 e. The molecule has 0 saturated carbocycles. The van der Waals surface area contributed by atoms with Crippen LogP contribution in [0.3, 0.4) is 0 Å². The number of nitrogens with zero attached hydrogens (tertiary/aromatic N) is 2. The molecule has 29 heavy (non-hydrogen) atoms. The first-order valence-electron chi connectivity index (χ1n) is 8.34. The number of rotatable bonds is 6. The van der Waals surface area contributed by atoms with Crippen molar-refractivity contribution in [3.05, 3.63) is 53.0 Å². The molecule has 0 unspecified atom stereocenters. The van der Waals surface area contributed by atoms with Gasteiger partial charge in [-0.15, -0.1) is 11.3 Å². The molecule has 5 nitrogen and oxygen atoms in total. The number of ether oxygens (including phenoxy) is 1. The van der Waals surface area contributed by atoms with E-state index in [1.165, 1.54) is 29.7 Å². The fraction of sp³-hybridized carbons (Fsp3) is 0.211. The van der Waals surface area contributed by atoms with Crippen LogP contribution in [0.25, 0.3) is 11.3 Å². The van der Waals surface area contributed by atoms with Crippen molar-refractivity contribution in [2.45, 2.75) is 18.1 Å². The highest BCUT2D eigenvalue weighted by atomic mass is 32.2. The van der Waals surface area contributed by atoms with E-state index in [1.54, 1.807) is 7.11 Å². The first-order chi connectivity index (χ1) is 13.8. The van der Waals surface area contributed by atoms with Crippen molar-refractivity contribution in [2.24, 2.45) is 0 Å². The van der Waals surface area contributed by atoms with Crippen LogP contribution in [-0.4, -0.2) is 34.9 Å². The molecule has 1 N–H and O–H groups in total. The third-order valence-corrected chi connectivity index (χ3v) is 5.73. The molecule has 0 aliphatic heterocycles. The third-order valence-electron chi connectivity index (χ3n) is 3.77. The minimum atomic E-state index is -4.35. The molecule has 3 rings (SSSR count). The van der Waals surface area contributed by atoms with Gasteiger partial charge >= 0.3 is 6.18 Å². The molecule has 0 aliphatic rings. The van der Waals surface area contributed by atoms with E-state index in [4.69, 9.17) is 4.74 Å². The highest BCUT2D eigenvalue weighted by Crippen LogP contribution is 2.32. The zero-order chi connectivity index (χ0) is 21.0. The zero-order valence-electron chi connectivity index (χ0n) is 15.4. The molecule has 0 bridgehead atoms. The predicted molar refractivity (Wildman–Crippen MR) is 108 cm³/mol. The number of benzene rings is 1. The molecule has 0 fully saturated rings. The number of carbonyl (C=O) groups excluding carboxylic acids is 1. The Hall–Kier alpha value is -2.59. The summed E-state index contributed by atoms with van der Waals surface area (Å²) in [4.78, 5) is 21.9. The second kappa shape index (κ2) is 8.83. The van der Waals surface area contributed by atoms with Gasteiger partial charge in [0.05, 0.1) is 24.1 Å². The van der Waals surface area contributed by atoms with Crippen molar-refractivity contribution >= 4 is 34.1 Å². The van der Waals surface area contributed by atoms with E-state index in [0.717, 1.165) is 16.2 Å². The van der Waals surface area contributed by atoms with Crippen molar-refractivity contribution in [1.29, 1.82) is 0 Å². The second-order valence-corrected chi connectivity index (χ2v) is 8.03. The van der Waals surface area contributed by atoms with Crippen LogP contribution in [0.15, 0.2) is 47.6 Å². The number of alkyl halides is 3. The number of thioether (sulfide) groups is 1. The Balaban J connectivity index is 1.78. The van der Waals surface area contributed by atoms with Crippen LogP contribution in [0, 0.1) is 6.92 Å². The third kappa shape index (κ3) is 5.48. The monoisotopic (exact) mass is 439 g/mol. The van der Waals surface area contributed by atoms with Gasteiger partial charge in [0, 0.05) is 16.6 Å². The van der Waals surface area contributed by atoms with Gasteiger partial charge in [0.25, 0.3) is 5.91 Å². The Morgan fingerprint density at radius 3 is 2.62 bits per heavy atom. The van der Waals surface area contributed by atoms with Crippen molar-refractivity contribution in [2.75, 3.05) is 18.2 Å². The number of pyridine rings is 1. The molecule has 152 valence electrons. The first kappa shape index (κ1) is 21.1. The number of methoxy groups -OCH3 is 1. The number of aryl methyl sites for hydroxylation is 1. The Kier molecular flexibility index (Phi) is 6.43. The highest BCUT2D eigenvalue weighted by molar-refractivity contribution is 7.99. The highest BCUT2D eigenvalue weighted by Gasteiger charge is 2.28. The number of amides is 1. The lowest BCUT2D eigenvalue weighted by atomic mass is 10.1. The molecule has 1 aromatic carbocycles. The summed E-state index contributed by atoms with van der Waals surface area (Å²) in [6, 6.07) is 10.3. The van der Waals surface area contributed by atoms with Crippen molar-refractivity contribution < 1.29 is 22.7 Å². The van der Waals surface area contributed by atoms with Crippen LogP contribution in [0.5, 0.6) is 5.75 Å². The molecule has 0 saturated heterocycles. The first-order valence-corrected chi connectivity index (χ1v) is 10.1. The molecule has 0 radical (unpaired) electrons. The summed E-state index contributed by atoms with van der Waals surface area (Å²) < 4.78 is 42.7. The Morgan fingerprint density at radius 1 is 1.24 bits per heavy atom. The van der Waals surface area contributed by atoms with Gasteiger partial charge in [-0.1, -0.05) is 11.8 Å². The average molecular weight is 439 g/mol. The van der Waals surface area contributed by atoms with E-state index in [1.807, 2.05) is 31.2 Å². The Labute approximate surface area is 173 Å². The van der Waals surface area contributed by atoms with E-state index < -0.39 is 17.8 Å². The number of anilines is 1. The standard InChI is InChI=1S/C19H16F3N3O2S2/c1-11-15(12-5-7-13(27-2)8-6-12)24-18(29-11)25-16(26)14-4-3-9-23-17(14)28-10-19(20,21)22/h3-9H,10H2,1-2H3,(H,24,25,26). The molecular formula is C19H16F3N3O2S2. The molecule has 3 aromatic rings. The summed E-state index contributed by atoms with van der Waals surface area (Å²) in [6.07, 6.45) is -3.00. The molecule has 2 aromatic heterocycles. The lowest BCUT2D eigenvalue weighted by Crippen LogP contribution is -2.15. The van der Waals surface area contributed by atoms with Crippen molar-refractivity contribution in [3.63, 3.8) is 0 Å². The summed E-state index contributed by atoms with van der Waals surface area (Å²) in [7, 11) is 1.58. The molecular weight excluding hydrogens is 423 g/mol. The lowest BCUT2D eigenvalue weighted by molar-refractivity contribution is -0.105. The molecule has 2 heterocycles. The maximum Gasteiger partial charge on any atom is 0.398 e. The van der Waals surface area contributed by atoms with Crippen LogP contribution < -0.4 is 10.1 Å². The van der Waals surface area contributed by atoms with E-state index in [-0.39, 0.29) is 10.6 Å². The fourth-order valence-corrected chi connectivity index (χ4v) is 4.04. The molecule has 0 aliphatic carbocycles. The normalized spacial score (nSPS) is 11.3. The minimum Gasteiger partial charge on any atom is -0.497 e. The summed E-state index contributed by atoms with van der Waals surface area (Å²) in [5, 5.41) is 3.03. The molecule has 0 atom stereocenters. The quantitative estimate of drug-likeness (QED) is 0.519. The number of nitrogens with one attached hydrogen (secondary N) is 1. The van der Waals surface area contributed by atoms with Gasteiger partial charge in [-0.2, -0.15) is 13.2 Å². The van der Waals surface area contributed by atoms with Gasteiger partial charge in [-0.3, -0.25) is 10.1 Å². The van der Waals surface area contributed by atoms with Gasteiger partial charge in [0.1, 0.15) is 10.8 Å². The number of halogens is 3. The molecule has 1 amide bonds. The Morgan fingerprint density at radius 2 is 1.97 bits per heavy atom. The maximum atomic E-state index is 12.6. The number of hydrogen-bond donors (Lipinski definition) is 1. The summed E-state index contributed by atoms with van der Waals surface area (Å²) in [6.45, 7) is 1.88. The zero-order valence-corrected chi connectivity index (χ0v) is 17.0. The van der Waals surface area contributed by atoms with Gasteiger partial charge < -0.3 is 4.74 Å². The predicted octanol–water partition coefficient (Wildman–Crippen LogP) is 5.43. The van der Waals surface area contributed by atoms with Gasteiger partial charge in [-0.05, 0) is 43.3 Å². The SMILES string of the molecule is COc1ccc(-c2nc(NC(=O)c3cccnc3SCC(F)(F)F)sc2C)cc1. The topological polar surface area (TPSA) is 64.1 Å². The smallest absolute Gasteiger partial charge is 0.398 e. The second-order valence-electron chi connectivity index (χ2n) is 5.87. The molecule has 10 heteroatoms. The van der Waals surface area contributed by atoms with Crippen LogP contribution in [-0.2, 0) is 0 Å². The van der Waals surface area contributed by atoms with Gasteiger partial charge in [-0.25, -0.2) is 9.97 Å². The maximum absolute atomic E-state index is 12.6. The van der Waals surface area contributed by atoms with Crippen LogP contribution in [0.1, 0.15) is 15.2 Å². The van der Waals surface area contributed by atoms with Crippen LogP contribution in [0.4, 0.5) is 18.3 Å². The summed E-state index contributed by atoms with van der Waals surface area (Å²) >= 11 is 1.76. The number of thiazole rings is 1. The number of aromatic nitrogens is 2. The van der Waals surface area contributed by atoms with E-state index in [2.05, 4.69) is 15.3 Å². The van der Waals surface area contributed by atoms with E-state index in [0.29, 0.717) is 22.6 Å². The van der Waals surface area contributed by atoms with Gasteiger partial charge in [0.15, 0.2) is 5.13 Å². The van der Waals surface area contributed by atoms with E-state index in [9.17, 15) is 18.0 Å². The summed E-state index contributed by atoms with van der Waals surface area (Å²) in [5.41, 5.74) is 1.65. The molecule has 0 spiro atoms. The number of hydrogen-bond acceptors (Lipinski definition) is 6. The fourth-order valence-electron chi connectivity index (χ4n) is 2.46. The minimum absolute atomic E-state index is 0.0194. The number of carbonyl (C=O) groups is 1. The van der Waals surface area contributed by atoms with Crippen LogP contribution in [0.2, 0.25) is 0 Å². The van der Waals surface area contributed by atoms with Crippen molar-refractivity contribution in [3.8, 4) is 17.0 Å². The Bertz CT molecular complexity index is 1000. The van der Waals surface area contributed by atoms with Crippen molar-refractivity contribution in [1.82, 2.24) is 9.97 Å². The van der Waals surface area contributed by atoms with E-state index >= 15 is 0 Å².